The zero-order valence-corrected chi connectivity index (χ0v) is 49.0. The number of hydrogen-bond donors (Lipinski definition) is 0. The molecule has 75 heavy (non-hydrogen) atoms. The van der Waals surface area contributed by atoms with Crippen LogP contribution >= 0.6 is 0 Å². The van der Waals surface area contributed by atoms with Crippen LogP contribution in [-0.4, -0.2) is 37.2 Å². The van der Waals surface area contributed by atoms with E-state index >= 15 is 0 Å². The Morgan fingerprint density at radius 1 is 0.280 bits per heavy atom. The molecule has 0 rings (SSSR count). The molecule has 0 aliphatic rings. The zero-order valence-electron chi connectivity index (χ0n) is 49.0. The summed E-state index contributed by atoms with van der Waals surface area (Å²) in [6.07, 6.45) is 85.2. The predicted molar refractivity (Wildman–Crippen MR) is 325 cm³/mol. The van der Waals surface area contributed by atoms with Crippen molar-refractivity contribution in [2.24, 2.45) is 0 Å². The minimum Gasteiger partial charge on any atom is -0.462 e. The Bertz CT molecular complexity index is 1520. The molecule has 0 heterocycles. The van der Waals surface area contributed by atoms with Crippen molar-refractivity contribution in [1.82, 2.24) is 0 Å². The average Bonchev–Trinajstić information content (AvgIpc) is 3.41. The van der Waals surface area contributed by atoms with Gasteiger partial charge in [0.05, 0.1) is 0 Å². The van der Waals surface area contributed by atoms with E-state index in [2.05, 4.69) is 130 Å². The van der Waals surface area contributed by atoms with Gasteiger partial charge in [-0.1, -0.05) is 271 Å². The fourth-order valence-corrected chi connectivity index (χ4v) is 8.57. The van der Waals surface area contributed by atoms with Gasteiger partial charge in [-0.25, -0.2) is 0 Å². The molecule has 0 amide bonds. The van der Waals surface area contributed by atoms with Crippen LogP contribution < -0.4 is 0 Å². The monoisotopic (exact) mass is 1040 g/mol. The van der Waals surface area contributed by atoms with E-state index in [1.54, 1.807) is 0 Å². The first-order valence-corrected chi connectivity index (χ1v) is 31.4. The average molecular weight is 1040 g/mol. The van der Waals surface area contributed by atoms with Crippen LogP contribution in [0.2, 0.25) is 0 Å². The number of allylic oxidation sites excluding steroid dienone is 18. The molecule has 0 aliphatic heterocycles. The van der Waals surface area contributed by atoms with Crippen molar-refractivity contribution in [1.29, 1.82) is 0 Å². The van der Waals surface area contributed by atoms with Crippen LogP contribution in [0.25, 0.3) is 0 Å². The van der Waals surface area contributed by atoms with Crippen molar-refractivity contribution in [3.8, 4) is 0 Å². The standard InChI is InChI=1S/C69H116O6/c1-4-7-10-13-16-19-22-25-26-27-28-29-30-31-32-33-34-35-36-37-38-39-40-41-42-45-47-50-53-56-59-62-68(71)74-65-66(75-69(72)63-60-57-54-51-48-44-24-21-18-15-12-9-6-3)64-73-67(70)61-58-55-52-49-46-43-23-20-17-14-11-8-5-2/h7,10,16,19,21,24-26,28-29,31-32,34-35,37-38,40-41,66H,4-6,8-9,11-15,17-18,20,22-23,27,30,33,36,39,42-65H2,1-3H3/b10-7-,19-16-,24-21-,26-25-,29-28-,32-31-,35-34-,38-37-,41-40-. The maximum absolute atomic E-state index is 12.8. The van der Waals surface area contributed by atoms with Gasteiger partial charge in [0.2, 0.25) is 0 Å². The number of hydrogen-bond acceptors (Lipinski definition) is 6. The van der Waals surface area contributed by atoms with Crippen LogP contribution in [0.3, 0.4) is 0 Å². The normalized spacial score (nSPS) is 12.8. The van der Waals surface area contributed by atoms with Gasteiger partial charge < -0.3 is 14.2 Å². The third-order valence-corrected chi connectivity index (χ3v) is 13.3. The Balaban J connectivity index is 4.28. The molecule has 0 spiro atoms. The number of unbranched alkanes of at least 4 members (excludes halogenated alkanes) is 27. The molecule has 0 aromatic heterocycles. The molecule has 428 valence electrons. The number of esters is 3. The van der Waals surface area contributed by atoms with Crippen molar-refractivity contribution in [2.45, 2.75) is 297 Å². The van der Waals surface area contributed by atoms with E-state index in [0.717, 1.165) is 135 Å². The molecular weight excluding hydrogens is 925 g/mol. The molecule has 0 saturated carbocycles. The highest BCUT2D eigenvalue weighted by Crippen LogP contribution is 2.15. The van der Waals surface area contributed by atoms with Crippen molar-refractivity contribution < 1.29 is 28.6 Å². The number of carbonyl (C=O) groups excluding carboxylic acids is 3. The lowest BCUT2D eigenvalue weighted by atomic mass is 10.0. The van der Waals surface area contributed by atoms with Gasteiger partial charge in [-0.15, -0.1) is 0 Å². The summed E-state index contributed by atoms with van der Waals surface area (Å²) < 4.78 is 16.9. The van der Waals surface area contributed by atoms with Gasteiger partial charge in [-0.3, -0.25) is 14.4 Å². The molecule has 0 N–H and O–H groups in total. The Morgan fingerprint density at radius 2 is 0.520 bits per heavy atom. The molecule has 0 aromatic rings. The molecule has 0 fully saturated rings. The minimum atomic E-state index is -0.788. The molecule has 0 aliphatic carbocycles. The lowest BCUT2D eigenvalue weighted by Crippen LogP contribution is -2.30. The van der Waals surface area contributed by atoms with E-state index in [-0.39, 0.29) is 31.1 Å². The summed E-state index contributed by atoms with van der Waals surface area (Å²) in [5, 5.41) is 0. The first-order chi connectivity index (χ1) is 37.0. The molecule has 6 heteroatoms. The number of ether oxygens (including phenoxy) is 3. The SMILES string of the molecule is CC/C=C\C/C=C\C/C=C\C/C=C\C/C=C\C/C=C\C/C=C\C/C=C\CCCCCCCCC(=O)OCC(COC(=O)CCCCCCCCCCCCCCC)OC(=O)CCCCCCC/C=C\CCCCCC. The second-order valence-corrected chi connectivity index (χ2v) is 20.6. The lowest BCUT2D eigenvalue weighted by molar-refractivity contribution is -0.167. The first kappa shape index (κ1) is 71.1. The number of carbonyl (C=O) groups is 3. The van der Waals surface area contributed by atoms with E-state index in [9.17, 15) is 14.4 Å². The van der Waals surface area contributed by atoms with Crippen LogP contribution in [0.1, 0.15) is 290 Å². The zero-order chi connectivity index (χ0) is 54.3. The second-order valence-electron chi connectivity index (χ2n) is 20.6. The summed E-state index contributed by atoms with van der Waals surface area (Å²) in [6, 6.07) is 0. The van der Waals surface area contributed by atoms with Gasteiger partial charge in [0.1, 0.15) is 13.2 Å². The summed E-state index contributed by atoms with van der Waals surface area (Å²) in [5.41, 5.74) is 0. The smallest absolute Gasteiger partial charge is 0.306 e. The maximum Gasteiger partial charge on any atom is 0.306 e. The summed E-state index contributed by atoms with van der Waals surface area (Å²) in [6.45, 7) is 6.50. The summed E-state index contributed by atoms with van der Waals surface area (Å²) >= 11 is 0. The molecule has 1 atom stereocenters. The summed E-state index contributed by atoms with van der Waals surface area (Å²) in [7, 11) is 0. The summed E-state index contributed by atoms with van der Waals surface area (Å²) in [5.74, 6) is -0.903. The van der Waals surface area contributed by atoms with Gasteiger partial charge in [-0.2, -0.15) is 0 Å². The Kier molecular flexibility index (Phi) is 59.3. The van der Waals surface area contributed by atoms with Gasteiger partial charge >= 0.3 is 17.9 Å². The Morgan fingerprint density at radius 3 is 0.840 bits per heavy atom. The van der Waals surface area contributed by atoms with Crippen molar-refractivity contribution in [2.75, 3.05) is 13.2 Å². The highest BCUT2D eigenvalue weighted by molar-refractivity contribution is 5.71. The van der Waals surface area contributed by atoms with Gasteiger partial charge in [-0.05, 0) is 109 Å². The molecule has 1 unspecified atom stereocenters. The van der Waals surface area contributed by atoms with Crippen LogP contribution in [0.5, 0.6) is 0 Å². The van der Waals surface area contributed by atoms with Gasteiger partial charge in [0.15, 0.2) is 6.10 Å². The second kappa shape index (κ2) is 62.6. The molecule has 0 aromatic carbocycles. The fourth-order valence-electron chi connectivity index (χ4n) is 8.57. The van der Waals surface area contributed by atoms with Crippen LogP contribution in [-0.2, 0) is 28.6 Å². The predicted octanol–water partition coefficient (Wildman–Crippen LogP) is 21.4. The van der Waals surface area contributed by atoms with E-state index in [1.165, 1.54) is 116 Å². The van der Waals surface area contributed by atoms with E-state index in [1.807, 2.05) is 0 Å². The van der Waals surface area contributed by atoms with Crippen LogP contribution in [0.4, 0.5) is 0 Å². The third kappa shape index (κ3) is 60.8. The highest BCUT2D eigenvalue weighted by atomic mass is 16.6. The van der Waals surface area contributed by atoms with E-state index < -0.39 is 6.10 Å². The van der Waals surface area contributed by atoms with Crippen molar-refractivity contribution in [3.63, 3.8) is 0 Å². The summed E-state index contributed by atoms with van der Waals surface area (Å²) in [4.78, 5) is 38.2. The molecule has 0 radical (unpaired) electrons. The van der Waals surface area contributed by atoms with Gasteiger partial charge in [0.25, 0.3) is 0 Å². The van der Waals surface area contributed by atoms with E-state index in [0.29, 0.717) is 19.3 Å². The van der Waals surface area contributed by atoms with Crippen molar-refractivity contribution in [3.05, 3.63) is 109 Å². The maximum atomic E-state index is 12.8. The number of rotatable bonds is 56. The molecular formula is C69H116O6. The van der Waals surface area contributed by atoms with E-state index in [4.69, 9.17) is 14.2 Å². The Labute approximate surface area is 463 Å². The topological polar surface area (TPSA) is 78.9 Å². The molecule has 0 saturated heterocycles. The highest BCUT2D eigenvalue weighted by Gasteiger charge is 2.19. The molecule has 6 nitrogen and oxygen atoms in total. The third-order valence-electron chi connectivity index (χ3n) is 13.3. The first-order valence-electron chi connectivity index (χ1n) is 31.4. The largest absolute Gasteiger partial charge is 0.462 e. The lowest BCUT2D eigenvalue weighted by Gasteiger charge is -2.18. The molecule has 0 bridgehead atoms. The van der Waals surface area contributed by atoms with Crippen molar-refractivity contribution >= 4 is 17.9 Å². The van der Waals surface area contributed by atoms with Gasteiger partial charge in [0, 0.05) is 19.3 Å². The van der Waals surface area contributed by atoms with Crippen LogP contribution in [0.15, 0.2) is 109 Å². The van der Waals surface area contributed by atoms with Crippen LogP contribution in [0, 0.1) is 0 Å². The minimum absolute atomic E-state index is 0.0840. The Hall–Kier alpha value is -3.93. The quantitative estimate of drug-likeness (QED) is 0.0261. The fraction of sp³-hybridized carbons (Fsp3) is 0.696.